The molecule has 0 spiro atoms. The third kappa shape index (κ3) is 3.77. The van der Waals surface area contributed by atoms with Crippen molar-refractivity contribution < 1.29 is 14.7 Å². The summed E-state index contributed by atoms with van der Waals surface area (Å²) >= 11 is 11.8. The Bertz CT molecular complexity index is 530. The summed E-state index contributed by atoms with van der Waals surface area (Å²) in [6.45, 7) is 4.82. The van der Waals surface area contributed by atoms with Gasteiger partial charge in [-0.25, -0.2) is 0 Å². The summed E-state index contributed by atoms with van der Waals surface area (Å²) in [5, 5.41) is 9.25. The summed E-state index contributed by atoms with van der Waals surface area (Å²) in [5.74, 6) is -1.57. The zero-order valence-corrected chi connectivity index (χ0v) is 12.9. The fraction of sp³-hybridized carbons (Fsp3) is 0.385. The lowest BCUT2D eigenvalue weighted by Gasteiger charge is -2.34. The quantitative estimate of drug-likeness (QED) is 0.839. The van der Waals surface area contributed by atoms with Gasteiger partial charge < -0.3 is 15.7 Å². The molecule has 0 saturated carbocycles. The number of rotatable bonds is 3. The Hall–Kier alpha value is -1.46. The van der Waals surface area contributed by atoms with Gasteiger partial charge in [0.25, 0.3) is 5.91 Å². The van der Waals surface area contributed by atoms with E-state index in [2.05, 4.69) is 0 Å². The third-order valence-corrected chi connectivity index (χ3v) is 3.30. The maximum Gasteiger partial charge on any atom is 0.323 e. The van der Waals surface area contributed by atoms with Crippen molar-refractivity contribution in [3.05, 3.63) is 27.7 Å². The molecule has 5 nitrogen and oxygen atoms in total. The molecule has 1 amide bonds. The summed E-state index contributed by atoms with van der Waals surface area (Å²) < 4.78 is 0. The molecule has 110 valence electrons. The van der Waals surface area contributed by atoms with Crippen molar-refractivity contribution in [3.63, 3.8) is 0 Å². The third-order valence-electron chi connectivity index (χ3n) is 2.67. The fourth-order valence-corrected chi connectivity index (χ4v) is 2.10. The minimum absolute atomic E-state index is 0.157. The fourth-order valence-electron chi connectivity index (χ4n) is 1.61. The van der Waals surface area contributed by atoms with E-state index in [1.165, 1.54) is 17.0 Å². The van der Waals surface area contributed by atoms with Crippen molar-refractivity contribution in [2.45, 2.75) is 26.3 Å². The van der Waals surface area contributed by atoms with Crippen LogP contribution in [-0.2, 0) is 4.79 Å². The highest BCUT2D eigenvalue weighted by Crippen LogP contribution is 2.30. The van der Waals surface area contributed by atoms with Crippen LogP contribution in [0.3, 0.4) is 0 Å². The number of amides is 1. The highest BCUT2D eigenvalue weighted by molar-refractivity contribution is 6.39. The number of halogens is 2. The molecule has 0 heterocycles. The van der Waals surface area contributed by atoms with Gasteiger partial charge in [-0.2, -0.15) is 0 Å². The number of nitrogens with zero attached hydrogens (tertiary/aromatic N) is 1. The van der Waals surface area contributed by atoms with Crippen LogP contribution in [0.5, 0.6) is 0 Å². The molecular formula is C13H16Cl2N2O3. The van der Waals surface area contributed by atoms with E-state index in [0.717, 1.165) is 0 Å². The zero-order valence-electron chi connectivity index (χ0n) is 11.4. The van der Waals surface area contributed by atoms with Crippen LogP contribution in [-0.4, -0.2) is 34.0 Å². The molecule has 0 saturated heterocycles. The van der Waals surface area contributed by atoms with Crippen LogP contribution in [0, 0.1) is 0 Å². The largest absolute Gasteiger partial charge is 0.480 e. The molecule has 0 aromatic heterocycles. The summed E-state index contributed by atoms with van der Waals surface area (Å²) in [6.07, 6.45) is 0. The first kappa shape index (κ1) is 16.6. The van der Waals surface area contributed by atoms with E-state index in [4.69, 9.17) is 34.0 Å². The molecule has 0 radical (unpaired) electrons. The molecule has 0 aliphatic carbocycles. The van der Waals surface area contributed by atoms with Gasteiger partial charge in [0.05, 0.1) is 15.7 Å². The van der Waals surface area contributed by atoms with E-state index in [0.29, 0.717) is 0 Å². The summed E-state index contributed by atoms with van der Waals surface area (Å²) in [5.41, 5.74) is 5.34. The lowest BCUT2D eigenvalue weighted by molar-refractivity contribution is -0.138. The average Bonchev–Trinajstić information content (AvgIpc) is 2.30. The molecule has 7 heteroatoms. The molecule has 0 bridgehead atoms. The first-order valence-electron chi connectivity index (χ1n) is 5.82. The molecule has 1 rings (SSSR count). The van der Waals surface area contributed by atoms with Gasteiger partial charge in [0.1, 0.15) is 6.54 Å². The number of carbonyl (C=O) groups excluding carboxylic acids is 1. The predicted octanol–water partition coefficient (Wildman–Crippen LogP) is 2.90. The van der Waals surface area contributed by atoms with Gasteiger partial charge in [-0.05, 0) is 32.9 Å². The highest BCUT2D eigenvalue weighted by Gasteiger charge is 2.29. The number of carboxylic acids is 1. The molecule has 20 heavy (non-hydrogen) atoms. The summed E-state index contributed by atoms with van der Waals surface area (Å²) in [4.78, 5) is 24.6. The Kier molecular flexibility index (Phi) is 4.89. The molecule has 1 aromatic carbocycles. The van der Waals surface area contributed by atoms with Crippen LogP contribution in [0.15, 0.2) is 12.1 Å². The van der Waals surface area contributed by atoms with Crippen LogP contribution in [0.25, 0.3) is 0 Å². The van der Waals surface area contributed by atoms with Crippen molar-refractivity contribution >= 4 is 40.8 Å². The molecule has 0 aliphatic rings. The zero-order chi connectivity index (χ0) is 15.7. The number of carboxylic acid groups (broad SMARTS) is 1. The number of aliphatic carboxylic acids is 1. The SMILES string of the molecule is CC(C)(C)N(CC(=O)O)C(=O)c1cc(Cl)c(N)c(Cl)c1. The van der Waals surface area contributed by atoms with Gasteiger partial charge in [-0.15, -0.1) is 0 Å². The monoisotopic (exact) mass is 318 g/mol. The van der Waals surface area contributed by atoms with Crippen LogP contribution in [0.1, 0.15) is 31.1 Å². The van der Waals surface area contributed by atoms with Gasteiger partial charge in [0.15, 0.2) is 0 Å². The van der Waals surface area contributed by atoms with Gasteiger partial charge in [0.2, 0.25) is 0 Å². The molecule has 3 N–H and O–H groups in total. The Morgan fingerprint density at radius 1 is 1.25 bits per heavy atom. The van der Waals surface area contributed by atoms with Crippen LogP contribution in [0.4, 0.5) is 5.69 Å². The second-order valence-corrected chi connectivity index (χ2v) is 6.12. The smallest absolute Gasteiger partial charge is 0.323 e. The van der Waals surface area contributed by atoms with Crippen molar-refractivity contribution in [1.29, 1.82) is 0 Å². The topological polar surface area (TPSA) is 83.6 Å². The van der Waals surface area contributed by atoms with E-state index in [1.54, 1.807) is 20.8 Å². The normalized spacial score (nSPS) is 11.2. The maximum absolute atomic E-state index is 12.4. The van der Waals surface area contributed by atoms with E-state index in [-0.39, 0.29) is 21.3 Å². The van der Waals surface area contributed by atoms with Crippen molar-refractivity contribution in [3.8, 4) is 0 Å². The van der Waals surface area contributed by atoms with Crippen molar-refractivity contribution in [2.24, 2.45) is 0 Å². The lowest BCUT2D eigenvalue weighted by atomic mass is 10.0. The molecule has 0 aliphatic heterocycles. The van der Waals surface area contributed by atoms with Crippen molar-refractivity contribution in [1.82, 2.24) is 4.90 Å². The highest BCUT2D eigenvalue weighted by atomic mass is 35.5. The Morgan fingerprint density at radius 2 is 1.70 bits per heavy atom. The van der Waals surface area contributed by atoms with Crippen LogP contribution >= 0.6 is 23.2 Å². The number of nitrogen functional groups attached to an aromatic ring is 1. The summed E-state index contributed by atoms with van der Waals surface area (Å²) in [7, 11) is 0. The summed E-state index contributed by atoms with van der Waals surface area (Å²) in [6, 6.07) is 2.76. The molecule has 1 aromatic rings. The van der Waals surface area contributed by atoms with Gasteiger partial charge in [-0.3, -0.25) is 9.59 Å². The molecular weight excluding hydrogens is 303 g/mol. The Labute approximate surface area is 127 Å². The molecule has 0 unspecified atom stereocenters. The predicted molar refractivity (Wildman–Crippen MR) is 79.3 cm³/mol. The van der Waals surface area contributed by atoms with E-state index in [1.807, 2.05) is 0 Å². The maximum atomic E-state index is 12.4. The lowest BCUT2D eigenvalue weighted by Crippen LogP contribution is -2.48. The van der Waals surface area contributed by atoms with E-state index in [9.17, 15) is 9.59 Å². The Balaban J connectivity index is 3.22. The number of benzene rings is 1. The van der Waals surface area contributed by atoms with Crippen molar-refractivity contribution in [2.75, 3.05) is 12.3 Å². The van der Waals surface area contributed by atoms with Crippen LogP contribution < -0.4 is 5.73 Å². The first-order valence-corrected chi connectivity index (χ1v) is 6.58. The van der Waals surface area contributed by atoms with Gasteiger partial charge >= 0.3 is 5.97 Å². The number of hydrogen-bond acceptors (Lipinski definition) is 3. The van der Waals surface area contributed by atoms with E-state index < -0.39 is 24.0 Å². The second-order valence-electron chi connectivity index (χ2n) is 5.31. The number of carbonyl (C=O) groups is 2. The first-order chi connectivity index (χ1) is 9.04. The minimum Gasteiger partial charge on any atom is -0.480 e. The minimum atomic E-state index is -1.10. The second kappa shape index (κ2) is 5.89. The number of anilines is 1. The van der Waals surface area contributed by atoms with E-state index >= 15 is 0 Å². The number of nitrogens with two attached hydrogens (primary N) is 1. The average molecular weight is 319 g/mol. The molecule has 0 atom stereocenters. The number of hydrogen-bond donors (Lipinski definition) is 2. The van der Waals surface area contributed by atoms with Gasteiger partial charge in [-0.1, -0.05) is 23.2 Å². The molecule has 0 fully saturated rings. The standard InChI is InChI=1S/C13H16Cl2N2O3/c1-13(2,3)17(6-10(18)19)12(20)7-4-8(14)11(16)9(15)5-7/h4-5H,6,16H2,1-3H3,(H,18,19). The van der Waals surface area contributed by atoms with Gasteiger partial charge in [0, 0.05) is 11.1 Å². The van der Waals surface area contributed by atoms with Crippen LogP contribution in [0.2, 0.25) is 10.0 Å². The Morgan fingerprint density at radius 3 is 2.05 bits per heavy atom.